The highest BCUT2D eigenvalue weighted by molar-refractivity contribution is 5.75. The Hall–Kier alpha value is -3.47. The van der Waals surface area contributed by atoms with E-state index in [4.69, 9.17) is 0 Å². The number of hydrogen-bond donors (Lipinski definition) is 1. The lowest BCUT2D eigenvalue weighted by atomic mass is 10.1. The van der Waals surface area contributed by atoms with E-state index in [1.165, 1.54) is 5.56 Å². The van der Waals surface area contributed by atoms with E-state index in [0.717, 1.165) is 23.9 Å². The van der Waals surface area contributed by atoms with Crippen LogP contribution in [0.15, 0.2) is 83.8 Å². The summed E-state index contributed by atoms with van der Waals surface area (Å²) >= 11 is 0. The lowest BCUT2D eigenvalue weighted by Gasteiger charge is -2.11. The molecule has 0 aliphatic carbocycles. The van der Waals surface area contributed by atoms with Gasteiger partial charge in [0.1, 0.15) is 5.65 Å². The van der Waals surface area contributed by atoms with Crippen molar-refractivity contribution in [3.05, 3.63) is 94.9 Å². The van der Waals surface area contributed by atoms with Gasteiger partial charge in [0, 0.05) is 29.9 Å². The zero-order valence-corrected chi connectivity index (χ0v) is 14.9. The first kappa shape index (κ1) is 17.0. The Bertz CT molecular complexity index is 1090. The first-order valence-corrected chi connectivity index (χ1v) is 9.02. The van der Waals surface area contributed by atoms with E-state index in [9.17, 15) is 4.79 Å². The van der Waals surface area contributed by atoms with E-state index < -0.39 is 0 Å². The number of para-hydroxylation sites is 1. The van der Waals surface area contributed by atoms with Crippen LogP contribution in [0.1, 0.15) is 12.0 Å². The molecule has 4 rings (SSSR count). The van der Waals surface area contributed by atoms with Crippen LogP contribution in [0.2, 0.25) is 0 Å². The third-order valence-corrected chi connectivity index (χ3v) is 4.44. The van der Waals surface area contributed by atoms with Crippen LogP contribution < -0.4 is 10.9 Å². The van der Waals surface area contributed by atoms with Crippen LogP contribution in [0.5, 0.6) is 0 Å². The lowest BCUT2D eigenvalue weighted by Crippen LogP contribution is -2.21. The van der Waals surface area contributed by atoms with Crippen LogP contribution in [-0.2, 0) is 13.0 Å². The highest BCUT2D eigenvalue weighted by atomic mass is 16.1. The topological polar surface area (TPSA) is 59.8 Å². The maximum absolute atomic E-state index is 12.4. The number of nitrogens with one attached hydrogen (secondary N) is 1. The molecule has 0 bridgehead atoms. The van der Waals surface area contributed by atoms with Gasteiger partial charge < -0.3 is 5.32 Å². The van der Waals surface area contributed by atoms with Gasteiger partial charge in [-0.3, -0.25) is 9.36 Å². The predicted octanol–water partition coefficient (Wildman–Crippen LogP) is 4.17. The molecule has 0 unspecified atom stereocenters. The summed E-state index contributed by atoms with van der Waals surface area (Å²) < 4.78 is 1.73. The summed E-state index contributed by atoms with van der Waals surface area (Å²) in [4.78, 5) is 21.4. The highest BCUT2D eigenvalue weighted by Crippen LogP contribution is 2.16. The number of aryl methyl sites for hydroxylation is 2. The van der Waals surface area contributed by atoms with Crippen LogP contribution in [0, 0.1) is 0 Å². The normalized spacial score (nSPS) is 10.8. The number of anilines is 2. The van der Waals surface area contributed by atoms with Crippen LogP contribution in [0.4, 0.5) is 11.6 Å². The molecular weight excluding hydrogens is 336 g/mol. The van der Waals surface area contributed by atoms with E-state index in [1.807, 2.05) is 48.5 Å². The number of hydrogen-bond acceptors (Lipinski definition) is 4. The molecule has 0 aliphatic heterocycles. The largest absolute Gasteiger partial charge is 0.324 e. The van der Waals surface area contributed by atoms with Gasteiger partial charge in [-0.1, -0.05) is 48.5 Å². The molecule has 1 N–H and O–H groups in total. The molecule has 5 nitrogen and oxygen atoms in total. The molecular formula is C22H20N4O. The SMILES string of the molecule is O=c1ccc2cnc(Nc3ccccc3)nc2n1CCCc1ccccc1. The molecule has 134 valence electrons. The first-order valence-electron chi connectivity index (χ1n) is 9.02. The second kappa shape index (κ2) is 7.83. The van der Waals surface area contributed by atoms with Gasteiger partial charge in [-0.05, 0) is 36.6 Å². The van der Waals surface area contributed by atoms with Crippen molar-refractivity contribution in [3.8, 4) is 0 Å². The van der Waals surface area contributed by atoms with E-state index in [-0.39, 0.29) is 5.56 Å². The maximum atomic E-state index is 12.4. The molecule has 0 spiro atoms. The fourth-order valence-corrected chi connectivity index (χ4v) is 3.08. The number of pyridine rings is 1. The summed E-state index contributed by atoms with van der Waals surface area (Å²) in [5, 5.41) is 4.04. The van der Waals surface area contributed by atoms with E-state index >= 15 is 0 Å². The minimum atomic E-state index is -0.0417. The molecule has 0 saturated carbocycles. The van der Waals surface area contributed by atoms with Crippen molar-refractivity contribution in [3.63, 3.8) is 0 Å². The van der Waals surface area contributed by atoms with Crippen molar-refractivity contribution in [2.75, 3.05) is 5.32 Å². The fraction of sp³-hybridized carbons (Fsp3) is 0.136. The third-order valence-electron chi connectivity index (χ3n) is 4.44. The molecule has 0 fully saturated rings. The quantitative estimate of drug-likeness (QED) is 0.563. The molecule has 0 aliphatic rings. The fourth-order valence-electron chi connectivity index (χ4n) is 3.08. The summed E-state index contributed by atoms with van der Waals surface area (Å²) in [5.74, 6) is 0.483. The van der Waals surface area contributed by atoms with Gasteiger partial charge in [0.05, 0.1) is 0 Å². The van der Waals surface area contributed by atoms with Gasteiger partial charge in [-0.25, -0.2) is 4.98 Å². The van der Waals surface area contributed by atoms with Crippen molar-refractivity contribution in [1.82, 2.24) is 14.5 Å². The highest BCUT2D eigenvalue weighted by Gasteiger charge is 2.07. The average Bonchev–Trinajstić information content (AvgIpc) is 2.71. The van der Waals surface area contributed by atoms with Crippen LogP contribution in [-0.4, -0.2) is 14.5 Å². The van der Waals surface area contributed by atoms with Gasteiger partial charge in [-0.15, -0.1) is 0 Å². The first-order chi connectivity index (χ1) is 13.3. The van der Waals surface area contributed by atoms with Gasteiger partial charge in [0.15, 0.2) is 0 Å². The Kier molecular flexibility index (Phi) is 4.92. The monoisotopic (exact) mass is 356 g/mol. The molecule has 27 heavy (non-hydrogen) atoms. The molecule has 2 aromatic carbocycles. The molecule has 0 atom stereocenters. The van der Waals surface area contributed by atoms with Gasteiger partial charge in [0.25, 0.3) is 5.56 Å². The molecule has 4 aromatic rings. The number of benzene rings is 2. The van der Waals surface area contributed by atoms with E-state index in [0.29, 0.717) is 18.1 Å². The minimum Gasteiger partial charge on any atom is -0.324 e. The summed E-state index contributed by atoms with van der Waals surface area (Å²) in [6, 6.07) is 23.4. The van der Waals surface area contributed by atoms with Crippen molar-refractivity contribution < 1.29 is 0 Å². The Morgan fingerprint density at radius 3 is 2.41 bits per heavy atom. The predicted molar refractivity (Wildman–Crippen MR) is 108 cm³/mol. The van der Waals surface area contributed by atoms with E-state index in [1.54, 1.807) is 22.9 Å². The smallest absolute Gasteiger partial charge is 0.252 e. The summed E-state index contributed by atoms with van der Waals surface area (Å²) in [7, 11) is 0. The van der Waals surface area contributed by atoms with Crippen LogP contribution >= 0.6 is 0 Å². The number of nitrogens with zero attached hydrogens (tertiary/aromatic N) is 3. The Labute approximate surface area is 157 Å². The van der Waals surface area contributed by atoms with Crippen molar-refractivity contribution >= 4 is 22.7 Å². The second-order valence-electron chi connectivity index (χ2n) is 6.38. The zero-order valence-electron chi connectivity index (χ0n) is 14.9. The number of fused-ring (bicyclic) bond motifs is 1. The molecule has 2 heterocycles. The van der Waals surface area contributed by atoms with Crippen molar-refractivity contribution in [2.45, 2.75) is 19.4 Å². The summed E-state index contributed by atoms with van der Waals surface area (Å²) in [5.41, 5.74) is 2.79. The van der Waals surface area contributed by atoms with Crippen molar-refractivity contribution in [2.24, 2.45) is 0 Å². The summed E-state index contributed by atoms with van der Waals surface area (Å²) in [6.07, 6.45) is 3.54. The van der Waals surface area contributed by atoms with Crippen LogP contribution in [0.25, 0.3) is 11.0 Å². The molecule has 0 amide bonds. The Balaban J connectivity index is 1.59. The lowest BCUT2D eigenvalue weighted by molar-refractivity contribution is 0.637. The zero-order chi connectivity index (χ0) is 18.5. The van der Waals surface area contributed by atoms with Gasteiger partial charge in [-0.2, -0.15) is 4.98 Å². The maximum Gasteiger partial charge on any atom is 0.252 e. The van der Waals surface area contributed by atoms with Gasteiger partial charge in [0.2, 0.25) is 5.95 Å². The summed E-state index contributed by atoms with van der Waals surface area (Å²) in [6.45, 7) is 0.618. The third kappa shape index (κ3) is 4.03. The Morgan fingerprint density at radius 2 is 1.63 bits per heavy atom. The van der Waals surface area contributed by atoms with Crippen LogP contribution in [0.3, 0.4) is 0 Å². The standard InChI is InChI=1S/C22H20N4O/c27-20-14-13-18-16-23-22(24-19-11-5-2-6-12-19)25-21(18)26(20)15-7-10-17-8-3-1-4-9-17/h1-6,8-9,11-14,16H,7,10,15H2,(H,23,24,25). The molecule has 0 radical (unpaired) electrons. The number of rotatable bonds is 6. The second-order valence-corrected chi connectivity index (χ2v) is 6.38. The van der Waals surface area contributed by atoms with Crippen molar-refractivity contribution in [1.29, 1.82) is 0 Å². The number of aromatic nitrogens is 3. The molecule has 2 aromatic heterocycles. The Morgan fingerprint density at radius 1 is 0.889 bits per heavy atom. The minimum absolute atomic E-state index is 0.0417. The van der Waals surface area contributed by atoms with Gasteiger partial charge >= 0.3 is 0 Å². The molecule has 0 saturated heterocycles. The average molecular weight is 356 g/mol. The van der Waals surface area contributed by atoms with E-state index in [2.05, 4.69) is 27.4 Å². The molecule has 5 heteroatoms.